The molecule has 1 aromatic heterocycles. The average molecular weight is 245 g/mol. The third kappa shape index (κ3) is 1.56. The van der Waals surface area contributed by atoms with Crippen LogP contribution < -0.4 is 5.73 Å². The molecule has 0 amide bonds. The molecule has 0 aliphatic heterocycles. The highest BCUT2D eigenvalue weighted by Crippen LogP contribution is 2.59. The van der Waals surface area contributed by atoms with Gasteiger partial charge in [-0.05, 0) is 73.8 Å². The van der Waals surface area contributed by atoms with Crippen molar-refractivity contribution in [3.05, 3.63) is 17.5 Å². The Labute approximate surface area is 109 Å². The Morgan fingerprint density at radius 1 is 1.11 bits per heavy atom. The van der Waals surface area contributed by atoms with Gasteiger partial charge in [0.2, 0.25) is 0 Å². The number of nitrogens with two attached hydrogens (primary N) is 1. The zero-order valence-electron chi connectivity index (χ0n) is 10.9. The lowest BCUT2D eigenvalue weighted by Crippen LogP contribution is -2.43. The maximum absolute atomic E-state index is 5.72. The van der Waals surface area contributed by atoms with Crippen LogP contribution in [0.25, 0.3) is 0 Å². The minimum Gasteiger partial charge on any atom is -0.330 e. The molecule has 3 nitrogen and oxygen atoms in total. The lowest BCUT2D eigenvalue weighted by atomic mass is 9.50. The summed E-state index contributed by atoms with van der Waals surface area (Å²) in [5, 5.41) is 7.48. The van der Waals surface area contributed by atoms with E-state index in [0.29, 0.717) is 0 Å². The number of aromatic nitrogens is 2. The van der Waals surface area contributed by atoms with Crippen LogP contribution in [0.1, 0.15) is 49.3 Å². The summed E-state index contributed by atoms with van der Waals surface area (Å²) in [6.45, 7) is 0.725. The predicted octanol–water partition coefficient (Wildman–Crippen LogP) is 2.45. The van der Waals surface area contributed by atoms with Gasteiger partial charge in [-0.2, -0.15) is 5.10 Å². The third-order valence-corrected chi connectivity index (χ3v) is 5.73. The van der Waals surface area contributed by atoms with Crippen LogP contribution >= 0.6 is 0 Å². The lowest BCUT2D eigenvalue weighted by Gasteiger charge is -2.54. The zero-order chi connectivity index (χ0) is 12.1. The second-order valence-corrected chi connectivity index (χ2v) is 6.80. The van der Waals surface area contributed by atoms with E-state index in [1.54, 1.807) is 0 Å². The molecule has 0 radical (unpaired) electrons. The van der Waals surface area contributed by atoms with Crippen molar-refractivity contribution < 1.29 is 0 Å². The first-order valence-corrected chi connectivity index (χ1v) is 7.57. The standard InChI is InChI=1S/C15H23N3/c16-2-1-14-13(8-17-18-14)15-11-4-9-3-10(6-11)7-12(15)5-9/h8-12,15H,1-7,16H2,(H,17,18). The molecule has 18 heavy (non-hydrogen) atoms. The van der Waals surface area contributed by atoms with Crippen molar-refractivity contribution in [2.75, 3.05) is 6.54 Å². The van der Waals surface area contributed by atoms with Gasteiger partial charge in [0.15, 0.2) is 0 Å². The van der Waals surface area contributed by atoms with Gasteiger partial charge < -0.3 is 5.73 Å². The van der Waals surface area contributed by atoms with Gasteiger partial charge in [-0.25, -0.2) is 0 Å². The normalized spacial score (nSPS) is 41.5. The predicted molar refractivity (Wildman–Crippen MR) is 71.1 cm³/mol. The molecule has 3 N–H and O–H groups in total. The van der Waals surface area contributed by atoms with Gasteiger partial charge in [0.25, 0.3) is 0 Å². The van der Waals surface area contributed by atoms with E-state index < -0.39 is 0 Å². The second kappa shape index (κ2) is 4.09. The highest BCUT2D eigenvalue weighted by atomic mass is 15.1. The molecular formula is C15H23N3. The second-order valence-electron chi connectivity index (χ2n) is 6.80. The first-order chi connectivity index (χ1) is 8.85. The van der Waals surface area contributed by atoms with E-state index in [2.05, 4.69) is 16.4 Å². The Bertz CT molecular complexity index is 409. The smallest absolute Gasteiger partial charge is 0.0525 e. The summed E-state index contributed by atoms with van der Waals surface area (Å²) in [7, 11) is 0. The van der Waals surface area contributed by atoms with Crippen LogP contribution in [0.5, 0.6) is 0 Å². The Kier molecular flexibility index (Phi) is 2.51. The first kappa shape index (κ1) is 11.0. The van der Waals surface area contributed by atoms with E-state index in [4.69, 9.17) is 5.73 Å². The van der Waals surface area contributed by atoms with Crippen molar-refractivity contribution in [2.45, 2.75) is 44.4 Å². The average Bonchev–Trinajstić information content (AvgIpc) is 2.76. The molecule has 1 heterocycles. The van der Waals surface area contributed by atoms with Crippen LogP contribution in [-0.4, -0.2) is 16.7 Å². The van der Waals surface area contributed by atoms with E-state index in [9.17, 15) is 0 Å². The van der Waals surface area contributed by atoms with E-state index in [1.807, 2.05) is 0 Å². The highest BCUT2D eigenvalue weighted by Gasteiger charge is 2.49. The molecule has 4 bridgehead atoms. The minimum absolute atomic E-state index is 0.725. The van der Waals surface area contributed by atoms with Gasteiger partial charge in [0.05, 0.1) is 6.20 Å². The number of nitrogens with one attached hydrogen (secondary N) is 1. The van der Waals surface area contributed by atoms with Crippen LogP contribution in [0, 0.1) is 23.7 Å². The highest BCUT2D eigenvalue weighted by molar-refractivity contribution is 5.26. The van der Waals surface area contributed by atoms with Gasteiger partial charge in [-0.1, -0.05) is 0 Å². The summed E-state index contributed by atoms with van der Waals surface area (Å²) in [6.07, 6.45) is 10.5. The van der Waals surface area contributed by atoms with Crippen molar-refractivity contribution in [1.82, 2.24) is 10.2 Å². The van der Waals surface area contributed by atoms with Crippen LogP contribution in [0.15, 0.2) is 6.20 Å². The first-order valence-electron chi connectivity index (χ1n) is 7.57. The quantitative estimate of drug-likeness (QED) is 0.859. The Morgan fingerprint density at radius 2 is 1.78 bits per heavy atom. The Balaban J connectivity index is 1.66. The fourth-order valence-electron chi connectivity index (χ4n) is 5.39. The molecule has 0 saturated heterocycles. The van der Waals surface area contributed by atoms with E-state index in [1.165, 1.54) is 43.4 Å². The molecule has 0 atom stereocenters. The summed E-state index contributed by atoms with van der Waals surface area (Å²) in [5.74, 6) is 4.77. The molecule has 4 aliphatic carbocycles. The molecule has 3 heteroatoms. The van der Waals surface area contributed by atoms with Crippen molar-refractivity contribution in [3.8, 4) is 0 Å². The molecule has 98 valence electrons. The molecule has 1 aromatic rings. The number of hydrogen-bond donors (Lipinski definition) is 2. The van der Waals surface area contributed by atoms with E-state index >= 15 is 0 Å². The zero-order valence-corrected chi connectivity index (χ0v) is 10.9. The summed E-state index contributed by atoms with van der Waals surface area (Å²) in [4.78, 5) is 0. The van der Waals surface area contributed by atoms with Crippen LogP contribution in [-0.2, 0) is 6.42 Å². The van der Waals surface area contributed by atoms with Gasteiger partial charge in [-0.15, -0.1) is 0 Å². The molecule has 0 unspecified atom stereocenters. The van der Waals surface area contributed by atoms with Gasteiger partial charge in [-0.3, -0.25) is 5.10 Å². The fraction of sp³-hybridized carbons (Fsp3) is 0.800. The largest absolute Gasteiger partial charge is 0.330 e. The van der Waals surface area contributed by atoms with Crippen molar-refractivity contribution in [1.29, 1.82) is 0 Å². The molecule has 4 fully saturated rings. The van der Waals surface area contributed by atoms with E-state index in [-0.39, 0.29) is 0 Å². The number of rotatable bonds is 3. The number of H-pyrrole nitrogens is 1. The van der Waals surface area contributed by atoms with Gasteiger partial charge >= 0.3 is 0 Å². The fourth-order valence-corrected chi connectivity index (χ4v) is 5.39. The molecule has 4 saturated carbocycles. The van der Waals surface area contributed by atoms with Crippen LogP contribution in [0.3, 0.4) is 0 Å². The summed E-state index contributed by atoms with van der Waals surface area (Å²) >= 11 is 0. The Morgan fingerprint density at radius 3 is 2.39 bits per heavy atom. The van der Waals surface area contributed by atoms with Gasteiger partial charge in [0.1, 0.15) is 0 Å². The lowest BCUT2D eigenvalue weighted by molar-refractivity contribution is -0.00304. The van der Waals surface area contributed by atoms with Crippen molar-refractivity contribution >= 4 is 0 Å². The molecular weight excluding hydrogens is 222 g/mol. The van der Waals surface area contributed by atoms with Gasteiger partial charge in [0, 0.05) is 12.1 Å². The topological polar surface area (TPSA) is 54.7 Å². The summed E-state index contributed by atoms with van der Waals surface area (Å²) in [5.41, 5.74) is 8.54. The third-order valence-electron chi connectivity index (χ3n) is 5.73. The monoisotopic (exact) mass is 245 g/mol. The number of hydrogen-bond acceptors (Lipinski definition) is 2. The SMILES string of the molecule is NCCc1[nH]ncc1C1C2CC3CC(C2)CC1C3. The minimum atomic E-state index is 0.725. The van der Waals surface area contributed by atoms with Crippen molar-refractivity contribution in [3.63, 3.8) is 0 Å². The maximum atomic E-state index is 5.72. The molecule has 4 aliphatic rings. The van der Waals surface area contributed by atoms with Crippen molar-refractivity contribution in [2.24, 2.45) is 29.4 Å². The number of aromatic amines is 1. The van der Waals surface area contributed by atoms with E-state index in [0.717, 1.165) is 42.6 Å². The number of nitrogens with zero attached hydrogens (tertiary/aromatic N) is 1. The molecule has 0 aromatic carbocycles. The Hall–Kier alpha value is -0.830. The van der Waals surface area contributed by atoms with Crippen LogP contribution in [0.4, 0.5) is 0 Å². The van der Waals surface area contributed by atoms with Crippen LogP contribution in [0.2, 0.25) is 0 Å². The molecule has 5 rings (SSSR count). The maximum Gasteiger partial charge on any atom is 0.0525 e. The molecule has 0 spiro atoms. The summed E-state index contributed by atoms with van der Waals surface area (Å²) < 4.78 is 0. The summed E-state index contributed by atoms with van der Waals surface area (Å²) in [6, 6.07) is 0.